The minimum Gasteiger partial charge on any atom is -0.466 e. The van der Waals surface area contributed by atoms with E-state index in [-0.39, 0.29) is 11.9 Å². The van der Waals surface area contributed by atoms with Crippen LogP contribution in [-0.4, -0.2) is 18.9 Å². The van der Waals surface area contributed by atoms with Crippen LogP contribution in [0.25, 0.3) is 0 Å². The summed E-state index contributed by atoms with van der Waals surface area (Å²) in [6, 6.07) is 5.98. The largest absolute Gasteiger partial charge is 0.466 e. The highest BCUT2D eigenvalue weighted by atomic mass is 16.5. The average molecular weight is 276 g/mol. The molecule has 0 aliphatic heterocycles. The molecule has 0 saturated heterocycles. The predicted molar refractivity (Wildman–Crippen MR) is 79.8 cm³/mol. The molecular formula is C17H24O3. The third kappa shape index (κ3) is 3.47. The lowest BCUT2D eigenvalue weighted by molar-refractivity contribution is -0.154. The lowest BCUT2D eigenvalue weighted by Crippen LogP contribution is -2.32. The Morgan fingerprint density at radius 3 is 2.55 bits per heavy atom. The molecule has 3 heteroatoms. The van der Waals surface area contributed by atoms with Crippen molar-refractivity contribution in [2.45, 2.75) is 47.0 Å². The topological polar surface area (TPSA) is 43.4 Å². The molecule has 1 aromatic rings. The van der Waals surface area contributed by atoms with Crippen LogP contribution in [0, 0.1) is 12.3 Å². The molecule has 0 spiro atoms. The van der Waals surface area contributed by atoms with Gasteiger partial charge in [0.2, 0.25) is 0 Å². The minimum absolute atomic E-state index is 0.0480. The zero-order valence-corrected chi connectivity index (χ0v) is 13.0. The standard InChI is InChI=1S/C17H24O3/c1-6-20-16(19)17(4,5)13(3)15-8-7-14(9-10-18)11-12(15)2/h7-8,10-11,13H,6,9H2,1-5H3. The van der Waals surface area contributed by atoms with E-state index in [1.54, 1.807) is 0 Å². The van der Waals surface area contributed by atoms with E-state index in [1.807, 2.05) is 52.8 Å². The molecule has 3 nitrogen and oxygen atoms in total. The molecule has 0 aromatic heterocycles. The van der Waals surface area contributed by atoms with Crippen LogP contribution < -0.4 is 0 Å². The summed E-state index contributed by atoms with van der Waals surface area (Å²) in [6.45, 7) is 10.1. The number of hydrogen-bond donors (Lipinski definition) is 0. The lowest BCUT2D eigenvalue weighted by Gasteiger charge is -2.30. The van der Waals surface area contributed by atoms with E-state index >= 15 is 0 Å². The quantitative estimate of drug-likeness (QED) is 0.590. The Balaban J connectivity index is 3.04. The third-order valence-corrected chi connectivity index (χ3v) is 4.00. The molecule has 0 aliphatic rings. The smallest absolute Gasteiger partial charge is 0.312 e. The molecule has 0 bridgehead atoms. The summed E-state index contributed by atoms with van der Waals surface area (Å²) in [5, 5.41) is 0. The van der Waals surface area contributed by atoms with Gasteiger partial charge in [0.05, 0.1) is 12.0 Å². The van der Waals surface area contributed by atoms with Gasteiger partial charge in [0.25, 0.3) is 0 Å². The molecule has 1 atom stereocenters. The van der Waals surface area contributed by atoms with E-state index in [0.717, 1.165) is 23.0 Å². The van der Waals surface area contributed by atoms with Crippen molar-refractivity contribution in [3.63, 3.8) is 0 Å². The first-order valence-electron chi connectivity index (χ1n) is 7.04. The van der Waals surface area contributed by atoms with E-state index in [1.165, 1.54) is 0 Å². The zero-order valence-electron chi connectivity index (χ0n) is 13.0. The van der Waals surface area contributed by atoms with Crippen molar-refractivity contribution in [3.8, 4) is 0 Å². The average Bonchev–Trinajstić information content (AvgIpc) is 2.38. The second-order valence-corrected chi connectivity index (χ2v) is 5.73. The van der Waals surface area contributed by atoms with Gasteiger partial charge in [0, 0.05) is 6.42 Å². The number of aryl methyl sites for hydroxylation is 1. The van der Waals surface area contributed by atoms with Crippen molar-refractivity contribution in [3.05, 3.63) is 34.9 Å². The van der Waals surface area contributed by atoms with Gasteiger partial charge in [-0.25, -0.2) is 0 Å². The molecule has 0 radical (unpaired) electrons. The maximum Gasteiger partial charge on any atom is 0.312 e. The summed E-state index contributed by atoms with van der Waals surface area (Å²) in [4.78, 5) is 22.7. The van der Waals surface area contributed by atoms with Gasteiger partial charge < -0.3 is 9.53 Å². The fourth-order valence-corrected chi connectivity index (χ4v) is 2.33. The van der Waals surface area contributed by atoms with E-state index in [9.17, 15) is 9.59 Å². The Bertz CT molecular complexity index is 489. The summed E-state index contributed by atoms with van der Waals surface area (Å²) in [6.07, 6.45) is 1.33. The number of carbonyl (C=O) groups is 2. The van der Waals surface area contributed by atoms with Crippen LogP contribution in [0.15, 0.2) is 18.2 Å². The van der Waals surface area contributed by atoms with Crippen molar-refractivity contribution in [1.29, 1.82) is 0 Å². The number of ether oxygens (including phenoxy) is 1. The van der Waals surface area contributed by atoms with Crippen LogP contribution in [0.2, 0.25) is 0 Å². The highest BCUT2D eigenvalue weighted by molar-refractivity contribution is 5.77. The molecule has 1 aromatic carbocycles. The Labute approximate surface area is 121 Å². The molecule has 0 heterocycles. The van der Waals surface area contributed by atoms with Gasteiger partial charge >= 0.3 is 5.97 Å². The maximum atomic E-state index is 12.1. The molecule has 1 rings (SSSR count). The van der Waals surface area contributed by atoms with Crippen molar-refractivity contribution >= 4 is 12.3 Å². The summed E-state index contributed by atoms with van der Waals surface area (Å²) in [7, 11) is 0. The fraction of sp³-hybridized carbons (Fsp3) is 0.529. The van der Waals surface area contributed by atoms with Crippen molar-refractivity contribution < 1.29 is 14.3 Å². The zero-order chi connectivity index (χ0) is 15.3. The summed E-state index contributed by atoms with van der Waals surface area (Å²) < 4.78 is 5.17. The van der Waals surface area contributed by atoms with E-state index in [0.29, 0.717) is 13.0 Å². The fourth-order valence-electron chi connectivity index (χ4n) is 2.33. The highest BCUT2D eigenvalue weighted by Crippen LogP contribution is 2.37. The molecule has 0 amide bonds. The van der Waals surface area contributed by atoms with Gasteiger partial charge in [0.1, 0.15) is 6.29 Å². The number of benzene rings is 1. The number of hydrogen-bond acceptors (Lipinski definition) is 3. The van der Waals surface area contributed by atoms with E-state index in [2.05, 4.69) is 0 Å². The summed E-state index contributed by atoms with van der Waals surface area (Å²) in [5.74, 6) is -0.129. The number of rotatable bonds is 6. The molecule has 20 heavy (non-hydrogen) atoms. The van der Waals surface area contributed by atoms with Crippen LogP contribution in [0.5, 0.6) is 0 Å². The lowest BCUT2D eigenvalue weighted by atomic mass is 9.74. The molecule has 110 valence electrons. The molecule has 0 N–H and O–H groups in total. The van der Waals surface area contributed by atoms with Crippen LogP contribution in [0.1, 0.15) is 50.3 Å². The highest BCUT2D eigenvalue weighted by Gasteiger charge is 2.36. The predicted octanol–water partition coefficient (Wildman–Crippen LogP) is 3.43. The minimum atomic E-state index is -0.576. The Morgan fingerprint density at radius 1 is 1.40 bits per heavy atom. The first kappa shape index (κ1) is 16.4. The number of aldehydes is 1. The summed E-state index contributed by atoms with van der Waals surface area (Å²) >= 11 is 0. The number of esters is 1. The van der Waals surface area contributed by atoms with Crippen LogP contribution in [-0.2, 0) is 20.7 Å². The summed E-state index contributed by atoms with van der Waals surface area (Å²) in [5.41, 5.74) is 2.65. The molecule has 0 saturated carbocycles. The third-order valence-electron chi connectivity index (χ3n) is 4.00. The molecule has 1 unspecified atom stereocenters. The van der Waals surface area contributed by atoms with Gasteiger partial charge in [-0.05, 0) is 50.3 Å². The van der Waals surface area contributed by atoms with Gasteiger partial charge in [0.15, 0.2) is 0 Å². The van der Waals surface area contributed by atoms with Crippen LogP contribution >= 0.6 is 0 Å². The normalized spacial score (nSPS) is 12.8. The Morgan fingerprint density at radius 2 is 2.05 bits per heavy atom. The molecule has 0 aliphatic carbocycles. The Hall–Kier alpha value is -1.64. The maximum absolute atomic E-state index is 12.1. The van der Waals surface area contributed by atoms with E-state index < -0.39 is 5.41 Å². The SMILES string of the molecule is CCOC(=O)C(C)(C)C(C)c1ccc(CC=O)cc1C. The molecule has 0 fully saturated rings. The first-order chi connectivity index (χ1) is 9.34. The number of carbonyl (C=O) groups excluding carboxylic acids is 2. The van der Waals surface area contributed by atoms with Crippen molar-refractivity contribution in [2.75, 3.05) is 6.61 Å². The Kier molecular flexibility index (Phi) is 5.49. The van der Waals surface area contributed by atoms with E-state index in [4.69, 9.17) is 4.74 Å². The van der Waals surface area contributed by atoms with Crippen LogP contribution in [0.4, 0.5) is 0 Å². The molecular weight excluding hydrogens is 252 g/mol. The van der Waals surface area contributed by atoms with Crippen molar-refractivity contribution in [1.82, 2.24) is 0 Å². The van der Waals surface area contributed by atoms with Gasteiger partial charge in [-0.3, -0.25) is 4.79 Å². The monoisotopic (exact) mass is 276 g/mol. The first-order valence-corrected chi connectivity index (χ1v) is 7.04. The van der Waals surface area contributed by atoms with Crippen molar-refractivity contribution in [2.24, 2.45) is 5.41 Å². The second-order valence-electron chi connectivity index (χ2n) is 5.73. The van der Waals surface area contributed by atoms with Gasteiger partial charge in [-0.15, -0.1) is 0 Å². The van der Waals surface area contributed by atoms with Crippen LogP contribution in [0.3, 0.4) is 0 Å². The van der Waals surface area contributed by atoms with Gasteiger partial charge in [-0.2, -0.15) is 0 Å². The second kappa shape index (κ2) is 6.69. The van der Waals surface area contributed by atoms with Gasteiger partial charge in [-0.1, -0.05) is 25.1 Å².